The Morgan fingerprint density at radius 1 is 1.08 bits per heavy atom. The van der Waals surface area contributed by atoms with Gasteiger partial charge in [-0.05, 0) is 86.0 Å². The van der Waals surface area contributed by atoms with Gasteiger partial charge in [-0.1, -0.05) is 18.9 Å². The minimum atomic E-state index is -0.926. The first-order chi connectivity index (χ1) is 23.2. The molecule has 0 amide bonds. The molecule has 0 aliphatic carbocycles. The number of aromatic nitrogens is 3. The van der Waals surface area contributed by atoms with Crippen LogP contribution in [-0.4, -0.2) is 81.7 Å². The van der Waals surface area contributed by atoms with Crippen LogP contribution in [0.5, 0.6) is 11.8 Å². The summed E-state index contributed by atoms with van der Waals surface area (Å²) in [5.74, 6) is 5.14. The second kappa shape index (κ2) is 11.8. The Balaban J connectivity index is 1.34. The number of pyridine rings is 1. The molecule has 1 unspecified atom stereocenters. The summed E-state index contributed by atoms with van der Waals surface area (Å²) in [5.41, 5.74) is 0.0177. The van der Waals surface area contributed by atoms with E-state index in [1.54, 1.807) is 13.0 Å². The number of hydrogen-bond acceptors (Lipinski definition) is 8. The van der Waals surface area contributed by atoms with E-state index in [2.05, 4.69) is 26.6 Å². The minimum Gasteiger partial charge on any atom is -0.508 e. The zero-order chi connectivity index (χ0) is 33.2. The van der Waals surface area contributed by atoms with E-state index in [0.29, 0.717) is 66.6 Å². The maximum atomic E-state index is 17.2. The van der Waals surface area contributed by atoms with E-state index < -0.39 is 23.3 Å². The predicted molar refractivity (Wildman–Crippen MR) is 177 cm³/mol. The van der Waals surface area contributed by atoms with Crippen molar-refractivity contribution in [1.29, 1.82) is 0 Å². The maximum absolute atomic E-state index is 17.2. The van der Waals surface area contributed by atoms with Crippen molar-refractivity contribution >= 4 is 27.5 Å². The fourth-order valence-corrected chi connectivity index (χ4v) is 8.49. The summed E-state index contributed by atoms with van der Waals surface area (Å²) >= 11 is 0. The number of rotatable bonds is 6. The van der Waals surface area contributed by atoms with Crippen molar-refractivity contribution in [3.8, 4) is 34.9 Å². The van der Waals surface area contributed by atoms with E-state index in [1.807, 2.05) is 6.92 Å². The molecule has 4 saturated heterocycles. The molecule has 8 nitrogen and oxygen atoms in total. The van der Waals surface area contributed by atoms with Gasteiger partial charge in [-0.3, -0.25) is 4.90 Å². The number of anilines is 1. The standard InChI is InChI=1S/C37H38F3N5O3/c1-3-7-28-30-33(31(40)32(41-28)26-17-24(46)16-22-8-9-27(39)25(4-2)29(22)26)42-35(47-21-36-10-5-14-45(36)19-23(38)18-36)43-34(30)44-13-6-11-37(20-44)12-15-48-37/h8-9,16-17,23,46H,4-6,10-15,18-21H2,1-2H3/t23-,36+,37?/m1/s1. The van der Waals surface area contributed by atoms with Crippen LogP contribution in [0, 0.1) is 23.5 Å². The lowest BCUT2D eigenvalue weighted by molar-refractivity contribution is -0.151. The van der Waals surface area contributed by atoms with Crippen molar-refractivity contribution in [1.82, 2.24) is 19.9 Å². The molecule has 4 aliphatic rings. The van der Waals surface area contributed by atoms with E-state index in [0.717, 1.165) is 38.6 Å². The van der Waals surface area contributed by atoms with Crippen molar-refractivity contribution in [3.05, 3.63) is 47.2 Å². The predicted octanol–water partition coefficient (Wildman–Crippen LogP) is 6.48. The number of piperidine rings is 1. The third kappa shape index (κ3) is 5.03. The maximum Gasteiger partial charge on any atom is 0.319 e. The van der Waals surface area contributed by atoms with Crippen LogP contribution in [-0.2, 0) is 11.2 Å². The molecule has 250 valence electrons. The Morgan fingerprint density at radius 3 is 2.69 bits per heavy atom. The normalized spacial score (nSPS) is 25.4. The lowest BCUT2D eigenvalue weighted by Gasteiger charge is -2.48. The van der Waals surface area contributed by atoms with E-state index in [9.17, 15) is 9.50 Å². The van der Waals surface area contributed by atoms with Gasteiger partial charge in [0.2, 0.25) is 0 Å². The highest BCUT2D eigenvalue weighted by atomic mass is 19.1. The molecule has 1 N–H and O–H groups in total. The molecule has 8 rings (SSSR count). The van der Waals surface area contributed by atoms with E-state index >= 15 is 8.78 Å². The van der Waals surface area contributed by atoms with E-state index in [4.69, 9.17) is 19.4 Å². The van der Waals surface area contributed by atoms with E-state index in [1.165, 1.54) is 18.2 Å². The third-order valence-corrected chi connectivity index (χ3v) is 10.8. The van der Waals surface area contributed by atoms with Gasteiger partial charge in [0.1, 0.15) is 47.1 Å². The van der Waals surface area contributed by atoms with Crippen molar-refractivity contribution in [2.75, 3.05) is 44.3 Å². The smallest absolute Gasteiger partial charge is 0.319 e. The fourth-order valence-electron chi connectivity index (χ4n) is 8.49. The Morgan fingerprint density at radius 2 is 1.92 bits per heavy atom. The van der Waals surface area contributed by atoms with Gasteiger partial charge in [0.15, 0.2) is 5.82 Å². The number of aryl methyl sites for hydroxylation is 1. The topological polar surface area (TPSA) is 83.8 Å². The highest BCUT2D eigenvalue weighted by Crippen LogP contribution is 2.44. The number of phenolic OH excluding ortho intramolecular Hbond substituents is 1. The van der Waals surface area contributed by atoms with Gasteiger partial charge in [0.05, 0.1) is 23.1 Å². The Hall–Kier alpha value is -4.14. The fraction of sp³-hybridized carbons (Fsp3) is 0.486. The first-order valence-electron chi connectivity index (χ1n) is 16.9. The van der Waals surface area contributed by atoms with Gasteiger partial charge in [-0.15, -0.1) is 0 Å². The molecule has 1 spiro atoms. The molecular formula is C37H38F3N5O3. The van der Waals surface area contributed by atoms with Crippen LogP contribution in [0.25, 0.3) is 32.9 Å². The Bertz CT molecular complexity index is 2010. The molecule has 4 fully saturated rings. The highest BCUT2D eigenvalue weighted by Gasteiger charge is 2.49. The number of benzene rings is 2. The van der Waals surface area contributed by atoms with Gasteiger partial charge in [-0.2, -0.15) is 9.97 Å². The number of ether oxygens (including phenoxy) is 2. The molecule has 48 heavy (non-hydrogen) atoms. The second-order valence-electron chi connectivity index (χ2n) is 13.7. The highest BCUT2D eigenvalue weighted by molar-refractivity contribution is 6.03. The molecule has 0 saturated carbocycles. The molecule has 6 heterocycles. The second-order valence-corrected chi connectivity index (χ2v) is 13.7. The van der Waals surface area contributed by atoms with Gasteiger partial charge in [0, 0.05) is 38.0 Å². The molecule has 4 aromatic rings. The number of hydrogen-bond donors (Lipinski definition) is 1. The summed E-state index contributed by atoms with van der Waals surface area (Å²) in [4.78, 5) is 18.5. The quantitative estimate of drug-likeness (QED) is 0.236. The van der Waals surface area contributed by atoms with Crippen molar-refractivity contribution in [2.45, 2.75) is 76.1 Å². The molecule has 0 bridgehead atoms. The molecule has 2 aromatic heterocycles. The van der Waals surface area contributed by atoms with Gasteiger partial charge in [-0.25, -0.2) is 18.2 Å². The number of fused-ring (bicyclic) bond motifs is 3. The molecular weight excluding hydrogens is 619 g/mol. The average Bonchev–Trinajstić information content (AvgIpc) is 3.59. The van der Waals surface area contributed by atoms with Crippen molar-refractivity contribution in [2.24, 2.45) is 0 Å². The summed E-state index contributed by atoms with van der Waals surface area (Å²) in [6.07, 6.45) is 4.27. The summed E-state index contributed by atoms with van der Waals surface area (Å²) < 4.78 is 59.3. The van der Waals surface area contributed by atoms with Crippen LogP contribution in [0.1, 0.15) is 63.6 Å². The number of halogens is 3. The van der Waals surface area contributed by atoms with Crippen LogP contribution in [0.3, 0.4) is 0 Å². The zero-order valence-electron chi connectivity index (χ0n) is 27.2. The number of phenols is 1. The average molecular weight is 658 g/mol. The first kappa shape index (κ1) is 31.1. The molecule has 3 atom stereocenters. The molecule has 2 aromatic carbocycles. The number of nitrogens with zero attached hydrogens (tertiary/aromatic N) is 5. The Kier molecular flexibility index (Phi) is 7.64. The van der Waals surface area contributed by atoms with Gasteiger partial charge >= 0.3 is 6.01 Å². The monoisotopic (exact) mass is 657 g/mol. The summed E-state index contributed by atoms with van der Waals surface area (Å²) in [6.45, 7) is 6.80. The first-order valence-corrected chi connectivity index (χ1v) is 16.9. The van der Waals surface area contributed by atoms with Crippen molar-refractivity contribution in [3.63, 3.8) is 0 Å². The summed E-state index contributed by atoms with van der Waals surface area (Å²) in [6, 6.07) is 5.84. The van der Waals surface area contributed by atoms with E-state index in [-0.39, 0.29) is 46.4 Å². The van der Waals surface area contributed by atoms with Crippen LogP contribution < -0.4 is 9.64 Å². The van der Waals surface area contributed by atoms with Crippen LogP contribution in [0.4, 0.5) is 19.0 Å². The van der Waals surface area contributed by atoms with Crippen LogP contribution in [0.15, 0.2) is 24.3 Å². The van der Waals surface area contributed by atoms with Gasteiger partial charge in [0.25, 0.3) is 0 Å². The van der Waals surface area contributed by atoms with Crippen molar-refractivity contribution < 1.29 is 27.8 Å². The van der Waals surface area contributed by atoms with Crippen LogP contribution >= 0.6 is 0 Å². The third-order valence-electron chi connectivity index (χ3n) is 10.8. The summed E-state index contributed by atoms with van der Waals surface area (Å²) in [5, 5.41) is 12.1. The number of aromatic hydroxyl groups is 1. The summed E-state index contributed by atoms with van der Waals surface area (Å²) in [7, 11) is 0. The van der Waals surface area contributed by atoms with Gasteiger partial charge < -0.3 is 19.5 Å². The molecule has 11 heteroatoms. The lowest BCUT2D eigenvalue weighted by Crippen LogP contribution is -2.56. The number of alkyl halides is 1. The molecule has 0 radical (unpaired) electrons. The largest absolute Gasteiger partial charge is 0.508 e. The minimum absolute atomic E-state index is 0.0114. The SMILES string of the molecule is CC#Cc1nc(-c2cc(O)cc3ccc(F)c(CC)c23)c(F)c2nc(OC[C@@]34CCCN3C[C@H](F)C4)nc(N3CCCC4(CCO4)C3)c12. The lowest BCUT2D eigenvalue weighted by atomic mass is 9.85. The van der Waals surface area contributed by atoms with Crippen LogP contribution in [0.2, 0.25) is 0 Å². The Labute approximate surface area is 277 Å². The zero-order valence-corrected chi connectivity index (χ0v) is 27.2. The molecule has 4 aliphatic heterocycles.